The average Bonchev–Trinajstić information content (AvgIpc) is 3.24. The number of phenolic OH excluding ortho intramolecular Hbond substituents is 1. The van der Waals surface area contributed by atoms with Crippen molar-refractivity contribution in [3.8, 4) is 5.75 Å². The molecule has 0 bridgehead atoms. The number of aromatic amines is 1. The molecule has 3 aromatic rings. The first kappa shape index (κ1) is 19.4. The van der Waals surface area contributed by atoms with Crippen molar-refractivity contribution in [2.75, 3.05) is 11.5 Å². The molecule has 0 saturated carbocycles. The van der Waals surface area contributed by atoms with E-state index in [1.807, 2.05) is 30.3 Å². The molecule has 1 aliphatic heterocycles. The Morgan fingerprint density at radius 1 is 1.29 bits per heavy atom. The van der Waals surface area contributed by atoms with Crippen molar-refractivity contribution < 1.29 is 15.0 Å². The molecule has 0 fully saturated rings. The first-order chi connectivity index (χ1) is 13.4. The summed E-state index contributed by atoms with van der Waals surface area (Å²) in [5, 5.41) is 22.4. The molecule has 5 nitrogen and oxygen atoms in total. The zero-order valence-electron chi connectivity index (χ0n) is 14.9. The number of phenols is 1. The number of carbonyl (C=O) groups is 1. The molecule has 0 saturated heterocycles. The third kappa shape index (κ3) is 4.07. The fourth-order valence-corrected chi connectivity index (χ4v) is 5.63. The standard InChI is InChI=1S/C20H19N2O3PS2/c23-14-2-1-3-16(7-14)27-10-18-22-20(11-28-18,19(24)25)9-13-6-12-4-5-15(26)8-17(12)21-13/h1-8,21,23H,9-11,26H2,(H,24,25). The lowest BCUT2D eigenvalue weighted by molar-refractivity contribution is -0.142. The van der Waals surface area contributed by atoms with E-state index in [9.17, 15) is 15.0 Å². The molecule has 1 aliphatic rings. The quantitative estimate of drug-likeness (QED) is 0.410. The number of benzene rings is 2. The molecule has 2 unspecified atom stereocenters. The van der Waals surface area contributed by atoms with Crippen molar-refractivity contribution in [1.29, 1.82) is 0 Å². The van der Waals surface area contributed by atoms with Crippen molar-refractivity contribution >= 4 is 60.0 Å². The predicted octanol–water partition coefficient (Wildman–Crippen LogP) is 3.68. The number of aromatic nitrogens is 1. The summed E-state index contributed by atoms with van der Waals surface area (Å²) >= 11 is 3.04. The Morgan fingerprint density at radius 2 is 2.14 bits per heavy atom. The summed E-state index contributed by atoms with van der Waals surface area (Å²) in [4.78, 5) is 21.0. The second-order valence-corrected chi connectivity index (χ2v) is 9.50. The van der Waals surface area contributed by atoms with Crippen LogP contribution in [0.1, 0.15) is 5.69 Å². The minimum atomic E-state index is -1.15. The molecule has 144 valence electrons. The van der Waals surface area contributed by atoms with Gasteiger partial charge in [0.15, 0.2) is 5.54 Å². The Morgan fingerprint density at radius 3 is 2.93 bits per heavy atom. The smallest absolute Gasteiger partial charge is 0.332 e. The summed E-state index contributed by atoms with van der Waals surface area (Å²) < 4.78 is 0. The third-order valence-electron chi connectivity index (χ3n) is 4.58. The van der Waals surface area contributed by atoms with Crippen molar-refractivity contribution in [3.05, 3.63) is 54.2 Å². The van der Waals surface area contributed by atoms with E-state index >= 15 is 0 Å². The van der Waals surface area contributed by atoms with Crippen molar-refractivity contribution in [2.24, 2.45) is 4.99 Å². The molecule has 4 rings (SSSR count). The number of carboxylic acids is 1. The topological polar surface area (TPSA) is 85.7 Å². The SMILES string of the molecule is O=C(O)C1(Cc2cc3ccc(P)cc3[nH]2)CSC(CSc2cccc(O)c2)=N1. The van der Waals surface area contributed by atoms with Crippen LogP contribution in [-0.2, 0) is 11.2 Å². The van der Waals surface area contributed by atoms with Crippen LogP contribution in [0.3, 0.4) is 0 Å². The normalized spacial score (nSPS) is 19.1. The van der Waals surface area contributed by atoms with Gasteiger partial charge in [0, 0.05) is 34.0 Å². The number of hydrogen-bond donors (Lipinski definition) is 3. The molecule has 0 radical (unpaired) electrons. The first-order valence-corrected chi connectivity index (χ1v) is 11.2. The van der Waals surface area contributed by atoms with Crippen molar-refractivity contribution in [1.82, 2.24) is 4.98 Å². The average molecular weight is 430 g/mol. The third-order valence-corrected chi connectivity index (χ3v) is 7.32. The highest BCUT2D eigenvalue weighted by Crippen LogP contribution is 2.35. The molecule has 0 amide bonds. The highest BCUT2D eigenvalue weighted by molar-refractivity contribution is 8.16. The summed E-state index contributed by atoms with van der Waals surface area (Å²) in [5.41, 5.74) is 0.723. The lowest BCUT2D eigenvalue weighted by Crippen LogP contribution is -2.39. The first-order valence-electron chi connectivity index (χ1n) is 8.67. The summed E-state index contributed by atoms with van der Waals surface area (Å²) in [6, 6.07) is 15.1. The Kier molecular flexibility index (Phi) is 5.41. The molecule has 0 aliphatic carbocycles. The minimum absolute atomic E-state index is 0.221. The molecule has 1 aromatic heterocycles. The molecular weight excluding hydrogens is 411 g/mol. The largest absolute Gasteiger partial charge is 0.508 e. The summed E-state index contributed by atoms with van der Waals surface area (Å²) in [6.45, 7) is 0. The van der Waals surface area contributed by atoms with E-state index < -0.39 is 11.5 Å². The minimum Gasteiger partial charge on any atom is -0.508 e. The van der Waals surface area contributed by atoms with Crippen LogP contribution in [-0.4, -0.2) is 43.3 Å². The number of thioether (sulfide) groups is 2. The molecule has 2 aromatic carbocycles. The van der Waals surface area contributed by atoms with E-state index in [-0.39, 0.29) is 5.75 Å². The van der Waals surface area contributed by atoms with Crippen molar-refractivity contribution in [2.45, 2.75) is 16.9 Å². The Labute approximate surface area is 173 Å². The van der Waals surface area contributed by atoms with Gasteiger partial charge in [-0.15, -0.1) is 32.8 Å². The highest BCUT2D eigenvalue weighted by atomic mass is 32.2. The van der Waals surface area contributed by atoms with Crippen molar-refractivity contribution in [3.63, 3.8) is 0 Å². The Bertz CT molecular complexity index is 1080. The van der Waals surface area contributed by atoms with Crippen LogP contribution in [0.4, 0.5) is 0 Å². The molecule has 0 spiro atoms. The van der Waals surface area contributed by atoms with Crippen LogP contribution in [0, 0.1) is 0 Å². The van der Waals surface area contributed by atoms with Gasteiger partial charge in [0.1, 0.15) is 5.75 Å². The number of hydrogen-bond acceptors (Lipinski definition) is 5. The highest BCUT2D eigenvalue weighted by Gasteiger charge is 2.43. The molecular formula is C20H19N2O3PS2. The molecule has 8 heteroatoms. The van der Waals surface area contributed by atoms with Crippen LogP contribution in [0.25, 0.3) is 10.9 Å². The van der Waals surface area contributed by atoms with E-state index in [1.165, 1.54) is 11.8 Å². The molecule has 3 N–H and O–H groups in total. The van der Waals surface area contributed by atoms with Gasteiger partial charge in [-0.05, 0) is 41.0 Å². The zero-order valence-corrected chi connectivity index (χ0v) is 17.7. The second-order valence-electron chi connectivity index (χ2n) is 6.74. The number of aromatic hydroxyl groups is 1. The monoisotopic (exact) mass is 430 g/mol. The van der Waals surface area contributed by atoms with Gasteiger partial charge < -0.3 is 15.2 Å². The van der Waals surface area contributed by atoms with Gasteiger partial charge in [-0.25, -0.2) is 4.79 Å². The number of H-pyrrole nitrogens is 1. The zero-order chi connectivity index (χ0) is 19.7. The number of nitrogens with one attached hydrogen (secondary N) is 1. The van der Waals surface area contributed by atoms with E-state index in [0.717, 1.165) is 31.8 Å². The van der Waals surface area contributed by atoms with E-state index in [1.54, 1.807) is 30.0 Å². The number of aliphatic carboxylic acids is 1. The van der Waals surface area contributed by atoms with Gasteiger partial charge in [0.25, 0.3) is 0 Å². The van der Waals surface area contributed by atoms with Crippen LogP contribution >= 0.6 is 32.8 Å². The summed E-state index contributed by atoms with van der Waals surface area (Å²) in [6.07, 6.45) is 0.330. The summed E-state index contributed by atoms with van der Waals surface area (Å²) in [5.74, 6) is 0.329. The van der Waals surface area contributed by atoms with Crippen LogP contribution < -0.4 is 5.30 Å². The van der Waals surface area contributed by atoms with E-state index in [0.29, 0.717) is 17.9 Å². The van der Waals surface area contributed by atoms with Crippen LogP contribution in [0.2, 0.25) is 0 Å². The van der Waals surface area contributed by atoms with E-state index in [2.05, 4.69) is 19.2 Å². The van der Waals surface area contributed by atoms with Gasteiger partial charge in [-0.2, -0.15) is 0 Å². The number of fused-ring (bicyclic) bond motifs is 1. The fraction of sp³-hybridized carbons (Fsp3) is 0.200. The van der Waals surface area contributed by atoms with Gasteiger partial charge in [-0.3, -0.25) is 4.99 Å². The second kappa shape index (κ2) is 7.82. The van der Waals surface area contributed by atoms with Crippen LogP contribution in [0.5, 0.6) is 5.75 Å². The number of carboxylic acid groups (broad SMARTS) is 1. The maximum atomic E-state index is 12.1. The molecule has 28 heavy (non-hydrogen) atoms. The number of aliphatic imine (C=N–C) groups is 1. The van der Waals surface area contributed by atoms with E-state index in [4.69, 9.17) is 0 Å². The molecule has 2 atom stereocenters. The van der Waals surface area contributed by atoms with Gasteiger partial charge >= 0.3 is 5.97 Å². The fourth-order valence-electron chi connectivity index (χ4n) is 3.19. The lowest BCUT2D eigenvalue weighted by Gasteiger charge is -2.19. The predicted molar refractivity (Wildman–Crippen MR) is 120 cm³/mol. The number of rotatable bonds is 6. The van der Waals surface area contributed by atoms with Gasteiger partial charge in [0.2, 0.25) is 0 Å². The van der Waals surface area contributed by atoms with Crippen LogP contribution in [0.15, 0.2) is 58.4 Å². The Balaban J connectivity index is 1.53. The van der Waals surface area contributed by atoms with Gasteiger partial charge in [0.05, 0.1) is 5.04 Å². The maximum absolute atomic E-state index is 12.1. The summed E-state index contributed by atoms with van der Waals surface area (Å²) in [7, 11) is 2.67. The number of nitrogens with zero attached hydrogens (tertiary/aromatic N) is 1. The lowest BCUT2D eigenvalue weighted by atomic mass is 9.96. The Hall–Kier alpha value is -1.95. The maximum Gasteiger partial charge on any atom is 0.332 e. The molecule has 2 heterocycles. The van der Waals surface area contributed by atoms with Gasteiger partial charge in [-0.1, -0.05) is 18.2 Å².